The molecule has 27 heavy (non-hydrogen) atoms. The maximum absolute atomic E-state index is 11.1. The fourth-order valence-electron chi connectivity index (χ4n) is 3.05. The number of amides is 1. The first-order valence-electron chi connectivity index (χ1n) is 8.50. The molecule has 0 bridgehead atoms. The maximum atomic E-state index is 11.1. The highest BCUT2D eigenvalue weighted by molar-refractivity contribution is 5.87. The van der Waals surface area contributed by atoms with Gasteiger partial charge in [-0.15, -0.1) is 0 Å². The van der Waals surface area contributed by atoms with Crippen molar-refractivity contribution in [1.29, 1.82) is 0 Å². The summed E-state index contributed by atoms with van der Waals surface area (Å²) in [6.45, 7) is 0.0612. The fraction of sp³-hybridized carbons (Fsp3) is 0.0952. The molecule has 0 spiro atoms. The second-order valence-electron chi connectivity index (χ2n) is 6.17. The molecule has 0 aliphatic carbocycles. The maximum Gasteiger partial charge on any atom is 0.239 e. The normalized spacial score (nSPS) is 10.9. The number of methoxy groups -OCH3 is 1. The molecule has 4 rings (SSSR count). The van der Waals surface area contributed by atoms with Crippen LogP contribution < -0.4 is 10.5 Å². The van der Waals surface area contributed by atoms with Gasteiger partial charge in [0.25, 0.3) is 0 Å². The van der Waals surface area contributed by atoms with E-state index in [0.29, 0.717) is 0 Å². The Morgan fingerprint density at radius 3 is 2.59 bits per heavy atom. The van der Waals surface area contributed by atoms with E-state index in [-0.39, 0.29) is 6.54 Å². The fourth-order valence-corrected chi connectivity index (χ4v) is 3.05. The lowest BCUT2D eigenvalue weighted by atomic mass is 10.0. The molecule has 0 aliphatic heterocycles. The van der Waals surface area contributed by atoms with Crippen LogP contribution in [0.15, 0.2) is 66.9 Å². The number of rotatable bonds is 5. The first-order chi connectivity index (χ1) is 13.1. The Kier molecular flexibility index (Phi) is 4.30. The van der Waals surface area contributed by atoms with Gasteiger partial charge < -0.3 is 10.5 Å². The van der Waals surface area contributed by atoms with Crippen molar-refractivity contribution in [3.63, 3.8) is 0 Å². The van der Waals surface area contributed by atoms with E-state index in [0.717, 1.165) is 39.2 Å². The lowest BCUT2D eigenvalue weighted by Gasteiger charge is -2.08. The van der Waals surface area contributed by atoms with Crippen LogP contribution in [0.2, 0.25) is 0 Å². The topological polar surface area (TPSA) is 83.0 Å². The van der Waals surface area contributed by atoms with E-state index in [4.69, 9.17) is 15.5 Å². The smallest absolute Gasteiger partial charge is 0.239 e. The zero-order valence-electron chi connectivity index (χ0n) is 14.8. The van der Waals surface area contributed by atoms with Gasteiger partial charge in [-0.3, -0.25) is 9.48 Å². The summed E-state index contributed by atoms with van der Waals surface area (Å²) < 4.78 is 6.96. The van der Waals surface area contributed by atoms with Crippen molar-refractivity contribution in [2.24, 2.45) is 5.73 Å². The quantitative estimate of drug-likeness (QED) is 0.593. The zero-order valence-corrected chi connectivity index (χ0v) is 14.8. The van der Waals surface area contributed by atoms with Crippen LogP contribution in [0.3, 0.4) is 0 Å². The zero-order chi connectivity index (χ0) is 18.8. The molecule has 6 nitrogen and oxygen atoms in total. The Balaban J connectivity index is 1.73. The highest BCUT2D eigenvalue weighted by Gasteiger charge is 2.09. The van der Waals surface area contributed by atoms with Crippen LogP contribution in [0, 0.1) is 0 Å². The lowest BCUT2D eigenvalue weighted by molar-refractivity contribution is -0.118. The van der Waals surface area contributed by atoms with Crippen LogP contribution in [-0.4, -0.2) is 27.8 Å². The number of nitrogens with zero attached hydrogens (tertiary/aromatic N) is 3. The van der Waals surface area contributed by atoms with Gasteiger partial charge in [-0.25, -0.2) is 4.98 Å². The standard InChI is InChI=1S/C21H18N4O2/c1-27-19-7-3-4-14-8-9-17(23-21(14)19)15-5-2-6-16(12-15)18-10-11-25(24-18)13-20(22)26/h2-12H,13H2,1H3,(H2,22,26). The molecule has 0 aliphatic rings. The molecule has 134 valence electrons. The number of ether oxygens (including phenoxy) is 1. The van der Waals surface area contributed by atoms with Crippen molar-refractivity contribution in [1.82, 2.24) is 14.8 Å². The predicted molar refractivity (Wildman–Crippen MR) is 104 cm³/mol. The van der Waals surface area contributed by atoms with Crippen molar-refractivity contribution < 1.29 is 9.53 Å². The molecule has 2 heterocycles. The van der Waals surface area contributed by atoms with E-state index in [1.807, 2.05) is 60.7 Å². The second-order valence-corrected chi connectivity index (χ2v) is 6.17. The molecular formula is C21H18N4O2. The Hall–Kier alpha value is -3.67. The highest BCUT2D eigenvalue weighted by atomic mass is 16.5. The Labute approximate surface area is 156 Å². The summed E-state index contributed by atoms with van der Waals surface area (Å²) in [5, 5.41) is 5.44. The van der Waals surface area contributed by atoms with Crippen LogP contribution in [0.25, 0.3) is 33.4 Å². The number of aromatic nitrogens is 3. The summed E-state index contributed by atoms with van der Waals surface area (Å²) in [6, 6.07) is 19.7. The molecule has 2 aromatic heterocycles. The van der Waals surface area contributed by atoms with Crippen LogP contribution in [0.4, 0.5) is 0 Å². The number of benzene rings is 2. The minimum absolute atomic E-state index is 0.0612. The molecule has 0 saturated carbocycles. The molecule has 0 atom stereocenters. The monoisotopic (exact) mass is 358 g/mol. The number of fused-ring (bicyclic) bond motifs is 1. The number of primary amides is 1. The molecule has 6 heteroatoms. The molecule has 2 aromatic carbocycles. The number of carbonyl (C=O) groups is 1. The van der Waals surface area contributed by atoms with E-state index in [9.17, 15) is 4.79 Å². The van der Waals surface area contributed by atoms with E-state index in [1.165, 1.54) is 4.68 Å². The molecule has 1 amide bonds. The van der Waals surface area contributed by atoms with Crippen LogP contribution in [0.5, 0.6) is 5.75 Å². The molecule has 0 saturated heterocycles. The average Bonchev–Trinajstić information content (AvgIpc) is 3.15. The van der Waals surface area contributed by atoms with Crippen molar-refractivity contribution in [3.05, 3.63) is 66.9 Å². The van der Waals surface area contributed by atoms with Gasteiger partial charge in [0.2, 0.25) is 5.91 Å². The summed E-state index contributed by atoms with van der Waals surface area (Å²) in [5.74, 6) is 0.323. The van der Waals surface area contributed by atoms with Gasteiger partial charge in [0.05, 0.1) is 18.5 Å². The van der Waals surface area contributed by atoms with Gasteiger partial charge in [0.15, 0.2) is 0 Å². The molecular weight excluding hydrogens is 340 g/mol. The van der Waals surface area contributed by atoms with Gasteiger partial charge in [-0.2, -0.15) is 5.10 Å². The summed E-state index contributed by atoms with van der Waals surface area (Å²) in [5.41, 5.74) is 9.60. The van der Waals surface area contributed by atoms with Crippen LogP contribution in [0.1, 0.15) is 0 Å². The molecule has 0 radical (unpaired) electrons. The van der Waals surface area contributed by atoms with Gasteiger partial charge in [0, 0.05) is 22.7 Å². The van der Waals surface area contributed by atoms with E-state index in [2.05, 4.69) is 5.10 Å². The van der Waals surface area contributed by atoms with Crippen molar-refractivity contribution in [2.75, 3.05) is 7.11 Å². The van der Waals surface area contributed by atoms with E-state index in [1.54, 1.807) is 13.3 Å². The number of hydrogen-bond acceptors (Lipinski definition) is 4. The Morgan fingerprint density at radius 1 is 1.04 bits per heavy atom. The van der Waals surface area contributed by atoms with Gasteiger partial charge in [-0.05, 0) is 24.3 Å². The minimum Gasteiger partial charge on any atom is -0.494 e. The van der Waals surface area contributed by atoms with Crippen molar-refractivity contribution >= 4 is 16.8 Å². The van der Waals surface area contributed by atoms with E-state index < -0.39 is 5.91 Å². The van der Waals surface area contributed by atoms with Gasteiger partial charge in [-0.1, -0.05) is 36.4 Å². The molecule has 2 N–H and O–H groups in total. The van der Waals surface area contributed by atoms with Crippen molar-refractivity contribution in [3.8, 4) is 28.3 Å². The van der Waals surface area contributed by atoms with Crippen LogP contribution in [-0.2, 0) is 11.3 Å². The molecule has 0 unspecified atom stereocenters. The lowest BCUT2D eigenvalue weighted by Crippen LogP contribution is -2.18. The molecule has 0 fully saturated rings. The summed E-state index contributed by atoms with van der Waals surface area (Å²) in [4.78, 5) is 15.8. The summed E-state index contributed by atoms with van der Waals surface area (Å²) in [6.07, 6.45) is 1.74. The summed E-state index contributed by atoms with van der Waals surface area (Å²) >= 11 is 0. The third-order valence-electron chi connectivity index (χ3n) is 4.32. The van der Waals surface area contributed by atoms with Gasteiger partial charge >= 0.3 is 0 Å². The Morgan fingerprint density at radius 2 is 1.81 bits per heavy atom. The Bertz CT molecular complexity index is 1130. The first kappa shape index (κ1) is 16.8. The van der Waals surface area contributed by atoms with Gasteiger partial charge in [0.1, 0.15) is 17.8 Å². The number of carbonyl (C=O) groups excluding carboxylic acids is 1. The number of pyridine rings is 1. The highest BCUT2D eigenvalue weighted by Crippen LogP contribution is 2.29. The largest absolute Gasteiger partial charge is 0.494 e. The average molecular weight is 358 g/mol. The second kappa shape index (κ2) is 6.92. The van der Waals surface area contributed by atoms with Crippen LogP contribution >= 0.6 is 0 Å². The third-order valence-corrected chi connectivity index (χ3v) is 4.32. The molecule has 4 aromatic rings. The van der Waals surface area contributed by atoms with Crippen molar-refractivity contribution in [2.45, 2.75) is 6.54 Å². The summed E-state index contributed by atoms with van der Waals surface area (Å²) in [7, 11) is 1.64. The predicted octanol–water partition coefficient (Wildman–Crippen LogP) is 3.26. The number of nitrogens with two attached hydrogens (primary N) is 1. The number of para-hydroxylation sites is 1. The number of hydrogen-bond donors (Lipinski definition) is 1. The minimum atomic E-state index is -0.423. The SMILES string of the molecule is COc1cccc2ccc(-c3cccc(-c4ccn(CC(N)=O)n4)c3)nc12. The third kappa shape index (κ3) is 3.37. The first-order valence-corrected chi connectivity index (χ1v) is 8.50. The van der Waals surface area contributed by atoms with E-state index >= 15 is 0 Å².